The number of amides is 1. The summed E-state index contributed by atoms with van der Waals surface area (Å²) in [5.41, 5.74) is 3.06. The maximum atomic E-state index is 14.8. The molecule has 0 aliphatic carbocycles. The number of hydrogen-bond acceptors (Lipinski definition) is 5. The number of halogens is 1. The van der Waals surface area contributed by atoms with Gasteiger partial charge in [0.2, 0.25) is 5.95 Å². The molecule has 0 unspecified atom stereocenters. The third-order valence-electron chi connectivity index (χ3n) is 5.63. The number of rotatable bonds is 3. The molecule has 0 spiro atoms. The molecule has 8 nitrogen and oxygen atoms in total. The number of aromatic nitrogens is 5. The Morgan fingerprint density at radius 1 is 1.09 bits per heavy atom. The molecule has 0 fully saturated rings. The van der Waals surface area contributed by atoms with Gasteiger partial charge >= 0.3 is 6.09 Å². The van der Waals surface area contributed by atoms with Gasteiger partial charge in [-0.2, -0.15) is 4.98 Å². The van der Waals surface area contributed by atoms with Gasteiger partial charge in [-0.3, -0.25) is 9.47 Å². The second-order valence-electron chi connectivity index (χ2n) is 9.34. The average molecular weight is 473 g/mol. The molecule has 0 radical (unpaired) electrons. The summed E-state index contributed by atoms with van der Waals surface area (Å²) in [5.74, 6) is -0.101. The van der Waals surface area contributed by atoms with Gasteiger partial charge in [0.25, 0.3) is 0 Å². The number of fused-ring (bicyclic) bond motifs is 2. The molecule has 0 bridgehead atoms. The van der Waals surface area contributed by atoms with Gasteiger partial charge in [-0.1, -0.05) is 12.1 Å². The van der Waals surface area contributed by atoms with Crippen LogP contribution in [0, 0.1) is 5.82 Å². The lowest BCUT2D eigenvalue weighted by Gasteiger charge is -2.25. The summed E-state index contributed by atoms with van der Waals surface area (Å²) in [4.78, 5) is 27.9. The quantitative estimate of drug-likeness (QED) is 0.347. The van der Waals surface area contributed by atoms with Gasteiger partial charge in [0, 0.05) is 31.2 Å². The zero-order valence-corrected chi connectivity index (χ0v) is 20.2. The number of imidazole rings is 1. The molecule has 0 N–H and O–H groups in total. The SMILES string of the molecule is CN(C(=O)OC(C)(C)C)c1cc(-c2nc(-n3cnc4ccccc43)nc3c2ccn3C)ccc1F. The van der Waals surface area contributed by atoms with E-state index in [0.717, 1.165) is 21.3 Å². The first-order chi connectivity index (χ1) is 16.6. The molecule has 5 aromatic rings. The Morgan fingerprint density at radius 3 is 2.63 bits per heavy atom. The normalized spacial score (nSPS) is 11.8. The van der Waals surface area contributed by atoms with Crippen LogP contribution in [0.25, 0.3) is 39.3 Å². The smallest absolute Gasteiger partial charge is 0.414 e. The number of aryl methyl sites for hydroxylation is 1. The summed E-state index contributed by atoms with van der Waals surface area (Å²) in [6.07, 6.45) is 2.94. The Labute approximate surface area is 201 Å². The second-order valence-corrected chi connectivity index (χ2v) is 9.34. The van der Waals surface area contributed by atoms with Gasteiger partial charge in [0.15, 0.2) is 0 Å². The second kappa shape index (κ2) is 8.19. The van der Waals surface area contributed by atoms with E-state index in [1.165, 1.54) is 13.1 Å². The lowest BCUT2D eigenvalue weighted by atomic mass is 10.1. The highest BCUT2D eigenvalue weighted by Gasteiger charge is 2.24. The Morgan fingerprint density at radius 2 is 1.86 bits per heavy atom. The molecular formula is C26H25FN6O2. The summed E-state index contributed by atoms with van der Waals surface area (Å²) in [6.45, 7) is 5.29. The summed E-state index contributed by atoms with van der Waals surface area (Å²) < 4.78 is 24.0. The van der Waals surface area contributed by atoms with E-state index in [1.807, 2.05) is 52.7 Å². The molecule has 178 valence electrons. The third-order valence-corrected chi connectivity index (χ3v) is 5.63. The van der Waals surface area contributed by atoms with Crippen LogP contribution in [0.15, 0.2) is 61.1 Å². The van der Waals surface area contributed by atoms with Crippen LogP contribution in [0.4, 0.5) is 14.9 Å². The monoisotopic (exact) mass is 472 g/mol. The van der Waals surface area contributed by atoms with Crippen molar-refractivity contribution in [3.63, 3.8) is 0 Å². The molecule has 5 rings (SSSR count). The zero-order valence-electron chi connectivity index (χ0n) is 20.2. The maximum Gasteiger partial charge on any atom is 0.414 e. The van der Waals surface area contributed by atoms with Gasteiger partial charge in [-0.15, -0.1) is 0 Å². The van der Waals surface area contributed by atoms with Crippen molar-refractivity contribution in [3.05, 3.63) is 66.9 Å². The van der Waals surface area contributed by atoms with E-state index in [1.54, 1.807) is 39.2 Å². The van der Waals surface area contributed by atoms with Gasteiger partial charge in [-0.25, -0.2) is 19.2 Å². The minimum atomic E-state index is -0.704. The highest BCUT2D eigenvalue weighted by Crippen LogP contribution is 2.32. The first kappa shape index (κ1) is 22.5. The molecule has 3 aromatic heterocycles. The van der Waals surface area contributed by atoms with Crippen molar-refractivity contribution in [1.29, 1.82) is 0 Å². The van der Waals surface area contributed by atoms with E-state index in [9.17, 15) is 9.18 Å². The number of hydrogen-bond donors (Lipinski definition) is 0. The van der Waals surface area contributed by atoms with E-state index >= 15 is 0 Å². The van der Waals surface area contributed by atoms with Crippen molar-refractivity contribution >= 4 is 33.8 Å². The lowest BCUT2D eigenvalue weighted by Crippen LogP contribution is -2.34. The van der Waals surface area contributed by atoms with Gasteiger partial charge in [-0.05, 0) is 57.2 Å². The zero-order chi connectivity index (χ0) is 24.9. The molecule has 0 aliphatic rings. The summed E-state index contributed by atoms with van der Waals surface area (Å²) in [7, 11) is 3.39. The molecule has 0 atom stereocenters. The topological polar surface area (TPSA) is 78.1 Å². The van der Waals surface area contributed by atoms with Crippen molar-refractivity contribution in [2.75, 3.05) is 11.9 Å². The predicted molar refractivity (Wildman–Crippen MR) is 133 cm³/mol. The first-order valence-corrected chi connectivity index (χ1v) is 11.1. The van der Waals surface area contributed by atoms with Crippen molar-refractivity contribution in [2.24, 2.45) is 7.05 Å². The van der Waals surface area contributed by atoms with E-state index in [-0.39, 0.29) is 5.69 Å². The summed E-state index contributed by atoms with van der Waals surface area (Å²) in [6, 6.07) is 14.2. The molecule has 35 heavy (non-hydrogen) atoms. The van der Waals surface area contributed by atoms with Crippen LogP contribution in [0.5, 0.6) is 0 Å². The Hall–Kier alpha value is -4.27. The number of ether oxygens (including phenoxy) is 1. The lowest BCUT2D eigenvalue weighted by molar-refractivity contribution is 0.0588. The van der Waals surface area contributed by atoms with Crippen LogP contribution in [0.2, 0.25) is 0 Å². The van der Waals surface area contributed by atoms with Crippen LogP contribution in [-0.2, 0) is 11.8 Å². The Balaban J connectivity index is 1.66. The van der Waals surface area contributed by atoms with Crippen molar-refractivity contribution in [2.45, 2.75) is 26.4 Å². The molecule has 3 heterocycles. The number of carbonyl (C=O) groups excluding carboxylic acids is 1. The standard InChI is InChI=1S/C26H25FN6O2/c1-26(2,3)35-25(34)32(5)21-14-16(10-11-18(21)27)22-17-12-13-31(4)23(17)30-24(29-22)33-15-28-19-8-6-7-9-20(19)33/h6-15H,1-5H3. The minimum absolute atomic E-state index is 0.0917. The maximum absolute atomic E-state index is 14.8. The average Bonchev–Trinajstić information content (AvgIpc) is 3.41. The number of benzene rings is 2. The van der Waals surface area contributed by atoms with Crippen molar-refractivity contribution < 1.29 is 13.9 Å². The Kier molecular flexibility index (Phi) is 5.27. The molecular weight excluding hydrogens is 447 g/mol. The van der Waals surface area contributed by atoms with Gasteiger partial charge in [0.05, 0.1) is 22.4 Å². The molecule has 0 aliphatic heterocycles. The van der Waals surface area contributed by atoms with Crippen LogP contribution in [0.1, 0.15) is 20.8 Å². The van der Waals surface area contributed by atoms with E-state index < -0.39 is 17.5 Å². The number of nitrogens with zero attached hydrogens (tertiary/aromatic N) is 6. The first-order valence-electron chi connectivity index (χ1n) is 11.1. The van der Waals surface area contributed by atoms with Gasteiger partial charge < -0.3 is 9.30 Å². The number of para-hydroxylation sites is 2. The van der Waals surface area contributed by atoms with E-state index in [0.29, 0.717) is 22.9 Å². The summed E-state index contributed by atoms with van der Waals surface area (Å²) in [5, 5.41) is 0.804. The van der Waals surface area contributed by atoms with Crippen LogP contribution >= 0.6 is 0 Å². The largest absolute Gasteiger partial charge is 0.443 e. The predicted octanol–water partition coefficient (Wildman–Crippen LogP) is 5.48. The van der Waals surface area contributed by atoms with Crippen LogP contribution in [0.3, 0.4) is 0 Å². The molecule has 0 saturated carbocycles. The highest BCUT2D eigenvalue weighted by atomic mass is 19.1. The molecule has 0 saturated heterocycles. The fourth-order valence-electron chi connectivity index (χ4n) is 3.92. The molecule has 1 amide bonds. The third kappa shape index (κ3) is 4.09. The minimum Gasteiger partial charge on any atom is -0.443 e. The van der Waals surface area contributed by atoms with Crippen molar-refractivity contribution in [1.82, 2.24) is 24.1 Å². The summed E-state index contributed by atoms with van der Waals surface area (Å²) >= 11 is 0. The Bertz CT molecular complexity index is 1580. The van der Waals surface area contributed by atoms with Crippen LogP contribution < -0.4 is 4.90 Å². The number of carbonyl (C=O) groups is 1. The fraction of sp³-hybridized carbons (Fsp3) is 0.231. The molecule has 2 aromatic carbocycles. The van der Waals surface area contributed by atoms with Crippen LogP contribution in [-0.4, -0.2) is 42.8 Å². The van der Waals surface area contributed by atoms with E-state index in [4.69, 9.17) is 14.7 Å². The van der Waals surface area contributed by atoms with E-state index in [2.05, 4.69) is 4.98 Å². The highest BCUT2D eigenvalue weighted by molar-refractivity contribution is 5.94. The van der Waals surface area contributed by atoms with Crippen molar-refractivity contribution in [3.8, 4) is 17.2 Å². The molecule has 9 heteroatoms. The number of anilines is 1. The van der Waals surface area contributed by atoms with Gasteiger partial charge in [0.1, 0.15) is 23.4 Å². The fourth-order valence-corrected chi connectivity index (χ4v) is 3.92.